The quantitative estimate of drug-likeness (QED) is 0.628. The van der Waals surface area contributed by atoms with E-state index in [1.165, 1.54) is 11.0 Å². The number of carbonyl (C=O) groups is 4. The van der Waals surface area contributed by atoms with Gasteiger partial charge in [-0.25, -0.2) is 9.18 Å². The van der Waals surface area contributed by atoms with Crippen LogP contribution in [-0.4, -0.2) is 44.5 Å². The van der Waals surface area contributed by atoms with Crippen molar-refractivity contribution in [1.82, 2.24) is 25.3 Å². The van der Waals surface area contributed by atoms with E-state index in [-0.39, 0.29) is 49.6 Å². The molecule has 2 atom stereocenters. The number of piperidine rings is 1. The number of imide groups is 1. The van der Waals surface area contributed by atoms with E-state index in [1.807, 2.05) is 10.7 Å². The molecule has 2 N–H and O–H groups in total. The molecule has 3 aliphatic rings. The zero-order valence-corrected chi connectivity index (χ0v) is 19.3. The van der Waals surface area contributed by atoms with Crippen molar-refractivity contribution < 1.29 is 28.3 Å². The van der Waals surface area contributed by atoms with Crippen molar-refractivity contribution in [2.24, 2.45) is 0 Å². The van der Waals surface area contributed by atoms with Gasteiger partial charge in [0.25, 0.3) is 5.91 Å². The lowest BCUT2D eigenvalue weighted by molar-refractivity contribution is -0.136. The first-order chi connectivity index (χ1) is 16.8. The van der Waals surface area contributed by atoms with Crippen molar-refractivity contribution in [1.29, 1.82) is 0 Å². The monoisotopic (exact) mass is 483 g/mol. The second-order valence-electron chi connectivity index (χ2n) is 9.23. The van der Waals surface area contributed by atoms with Crippen LogP contribution in [0.5, 0.6) is 0 Å². The predicted octanol–water partition coefficient (Wildman–Crippen LogP) is 2.11. The first kappa shape index (κ1) is 23.0. The van der Waals surface area contributed by atoms with Gasteiger partial charge in [-0.3, -0.25) is 24.4 Å². The van der Waals surface area contributed by atoms with Gasteiger partial charge in [0.2, 0.25) is 11.8 Å². The third-order valence-electron chi connectivity index (χ3n) is 6.86. The van der Waals surface area contributed by atoms with Gasteiger partial charge in [0.1, 0.15) is 24.2 Å². The standard InChI is InChI=1S/C24H26FN5O5/c1-13-3-2-8-30-18(13)9-16(28-30)12-35-24(34)26-10-14-4-5-15-11-29(23(33)20(15)21(14)25)17-6-7-19(31)27-22(17)32/h4-5,9,13,17H,2-3,6-8,10-12H2,1H3,(H,26,34)(H,27,31,32). The Bertz CT molecular complexity index is 1230. The van der Waals surface area contributed by atoms with E-state index >= 15 is 4.39 Å². The SMILES string of the molecule is CC1CCCn2nc(COC(=O)NCc3ccc4c(c3F)C(=O)N(C3CCC(=O)NC3=O)C4)cc21. The second-order valence-corrected chi connectivity index (χ2v) is 9.23. The molecule has 2 aromatic rings. The van der Waals surface area contributed by atoms with Crippen LogP contribution in [0.25, 0.3) is 0 Å². The lowest BCUT2D eigenvalue weighted by Gasteiger charge is -2.29. The first-order valence-electron chi connectivity index (χ1n) is 11.7. The Kier molecular flexibility index (Phi) is 6.00. The number of alkyl carbamates (subject to hydrolysis) is 1. The Hall–Kier alpha value is -3.76. The molecule has 35 heavy (non-hydrogen) atoms. The Morgan fingerprint density at radius 1 is 1.29 bits per heavy atom. The Morgan fingerprint density at radius 3 is 2.89 bits per heavy atom. The zero-order valence-electron chi connectivity index (χ0n) is 19.3. The predicted molar refractivity (Wildman–Crippen MR) is 119 cm³/mol. The lowest BCUT2D eigenvalue weighted by Crippen LogP contribution is -2.52. The van der Waals surface area contributed by atoms with Gasteiger partial charge in [0.05, 0.1) is 5.56 Å². The number of halogens is 1. The van der Waals surface area contributed by atoms with Crippen LogP contribution in [0.4, 0.5) is 9.18 Å². The highest BCUT2D eigenvalue weighted by atomic mass is 19.1. The summed E-state index contributed by atoms with van der Waals surface area (Å²) in [5, 5.41) is 9.20. The molecule has 1 aromatic heterocycles. The maximum atomic E-state index is 15.2. The van der Waals surface area contributed by atoms with E-state index < -0.39 is 29.8 Å². The second kappa shape index (κ2) is 9.12. The van der Waals surface area contributed by atoms with Gasteiger partial charge in [-0.1, -0.05) is 19.1 Å². The van der Waals surface area contributed by atoms with Gasteiger partial charge in [0.15, 0.2) is 0 Å². The van der Waals surface area contributed by atoms with E-state index in [2.05, 4.69) is 22.7 Å². The van der Waals surface area contributed by atoms with Gasteiger partial charge < -0.3 is 15.0 Å². The molecule has 184 valence electrons. The molecule has 0 saturated carbocycles. The highest BCUT2D eigenvalue weighted by molar-refractivity contribution is 6.05. The molecule has 4 heterocycles. The van der Waals surface area contributed by atoms with E-state index in [4.69, 9.17) is 4.74 Å². The fraction of sp³-hybridized carbons (Fsp3) is 0.458. The van der Waals surface area contributed by atoms with Crippen molar-refractivity contribution in [2.75, 3.05) is 0 Å². The van der Waals surface area contributed by atoms with Gasteiger partial charge >= 0.3 is 6.09 Å². The number of hydrogen-bond donors (Lipinski definition) is 2. The number of aryl methyl sites for hydroxylation is 1. The van der Waals surface area contributed by atoms with Gasteiger partial charge in [-0.2, -0.15) is 5.10 Å². The minimum Gasteiger partial charge on any atom is -0.443 e. The molecule has 2 unspecified atom stereocenters. The molecule has 1 saturated heterocycles. The summed E-state index contributed by atoms with van der Waals surface area (Å²) in [5.41, 5.74) is 2.27. The molecular weight excluding hydrogens is 457 g/mol. The van der Waals surface area contributed by atoms with Crippen molar-refractivity contribution in [2.45, 2.75) is 70.8 Å². The van der Waals surface area contributed by atoms with Crippen LogP contribution in [-0.2, 0) is 40.6 Å². The van der Waals surface area contributed by atoms with Crippen molar-refractivity contribution in [3.8, 4) is 0 Å². The molecule has 3 aliphatic heterocycles. The van der Waals surface area contributed by atoms with E-state index in [0.717, 1.165) is 25.1 Å². The van der Waals surface area contributed by atoms with Crippen LogP contribution in [0.15, 0.2) is 18.2 Å². The molecule has 4 amide bonds. The first-order valence-corrected chi connectivity index (χ1v) is 11.7. The fourth-order valence-corrected chi connectivity index (χ4v) is 4.98. The van der Waals surface area contributed by atoms with Crippen molar-refractivity contribution in [3.63, 3.8) is 0 Å². The summed E-state index contributed by atoms with van der Waals surface area (Å²) in [6.45, 7) is 2.92. The summed E-state index contributed by atoms with van der Waals surface area (Å²) < 4.78 is 22.4. The maximum absolute atomic E-state index is 15.2. The summed E-state index contributed by atoms with van der Waals surface area (Å²) in [7, 11) is 0. The van der Waals surface area contributed by atoms with E-state index in [1.54, 1.807) is 6.07 Å². The maximum Gasteiger partial charge on any atom is 0.407 e. The summed E-state index contributed by atoms with van der Waals surface area (Å²) in [4.78, 5) is 49.9. The number of rotatable bonds is 5. The van der Waals surface area contributed by atoms with Crippen molar-refractivity contribution in [3.05, 3.63) is 52.1 Å². The molecule has 0 bridgehead atoms. The highest BCUT2D eigenvalue weighted by Gasteiger charge is 2.40. The number of ether oxygens (including phenoxy) is 1. The summed E-state index contributed by atoms with van der Waals surface area (Å²) in [5.74, 6) is -1.87. The van der Waals surface area contributed by atoms with E-state index in [9.17, 15) is 19.2 Å². The Labute approximate surface area is 200 Å². The third kappa shape index (κ3) is 4.38. The summed E-state index contributed by atoms with van der Waals surface area (Å²) in [6, 6.07) is 4.24. The number of amides is 4. The van der Waals surface area contributed by atoms with Gasteiger partial charge in [-0.05, 0) is 36.8 Å². The topological polar surface area (TPSA) is 123 Å². The number of carbonyl (C=O) groups excluding carboxylic acids is 4. The fourth-order valence-electron chi connectivity index (χ4n) is 4.98. The highest BCUT2D eigenvalue weighted by Crippen LogP contribution is 2.31. The molecule has 5 rings (SSSR count). The van der Waals surface area contributed by atoms with Gasteiger partial charge in [0, 0.05) is 37.3 Å². The Morgan fingerprint density at radius 2 is 2.11 bits per heavy atom. The Balaban J connectivity index is 1.19. The molecular formula is C24H26FN5O5. The van der Waals surface area contributed by atoms with Gasteiger partial charge in [-0.15, -0.1) is 0 Å². The molecule has 1 fully saturated rings. The molecule has 1 aromatic carbocycles. The average Bonchev–Trinajstić information content (AvgIpc) is 3.39. The number of benzene rings is 1. The molecule has 0 radical (unpaired) electrons. The van der Waals surface area contributed by atoms with Crippen LogP contribution in [0, 0.1) is 5.82 Å². The number of nitrogens with one attached hydrogen (secondary N) is 2. The summed E-state index contributed by atoms with van der Waals surface area (Å²) >= 11 is 0. The van der Waals surface area contributed by atoms with Crippen LogP contribution in [0.3, 0.4) is 0 Å². The number of fused-ring (bicyclic) bond motifs is 2. The van der Waals surface area contributed by atoms with Crippen LogP contribution >= 0.6 is 0 Å². The molecule has 0 spiro atoms. The van der Waals surface area contributed by atoms with Crippen LogP contribution in [0.1, 0.15) is 71.4 Å². The smallest absolute Gasteiger partial charge is 0.407 e. The van der Waals surface area contributed by atoms with Crippen LogP contribution in [0.2, 0.25) is 0 Å². The van der Waals surface area contributed by atoms with Crippen molar-refractivity contribution >= 4 is 23.8 Å². The van der Waals surface area contributed by atoms with E-state index in [0.29, 0.717) is 17.2 Å². The average molecular weight is 484 g/mol. The minimum atomic E-state index is -0.819. The third-order valence-corrected chi connectivity index (χ3v) is 6.86. The normalized spacial score (nSPS) is 21.4. The zero-order chi connectivity index (χ0) is 24.7. The molecule has 11 heteroatoms. The lowest BCUT2D eigenvalue weighted by atomic mass is 9.98. The minimum absolute atomic E-state index is 0.00459. The largest absolute Gasteiger partial charge is 0.443 e. The molecule has 10 nitrogen and oxygen atoms in total. The number of aromatic nitrogens is 2. The van der Waals surface area contributed by atoms with Crippen LogP contribution < -0.4 is 10.6 Å². The molecule has 0 aliphatic carbocycles. The number of nitrogens with zero attached hydrogens (tertiary/aromatic N) is 3. The number of hydrogen-bond acceptors (Lipinski definition) is 6. The summed E-state index contributed by atoms with van der Waals surface area (Å²) in [6.07, 6.45) is 1.77.